The lowest BCUT2D eigenvalue weighted by Crippen LogP contribution is -2.10. The number of hydrogen-bond acceptors (Lipinski definition) is 7. The third-order valence-electron chi connectivity index (χ3n) is 6.79. The van der Waals surface area contributed by atoms with Gasteiger partial charge in [-0.2, -0.15) is 0 Å². The maximum atomic E-state index is 11.6. The van der Waals surface area contributed by atoms with E-state index in [-0.39, 0.29) is 17.8 Å². The molecule has 0 spiro atoms. The maximum Gasteiger partial charge on any atom is 0.270 e. The largest absolute Gasteiger partial charge is 0.475 e. The van der Waals surface area contributed by atoms with Gasteiger partial charge in [-0.1, -0.05) is 72.3 Å². The summed E-state index contributed by atoms with van der Waals surface area (Å²) in [6.45, 7) is 2.84. The van der Waals surface area contributed by atoms with Gasteiger partial charge < -0.3 is 14.8 Å². The van der Waals surface area contributed by atoms with E-state index < -0.39 is 4.92 Å². The Kier molecular flexibility index (Phi) is 6.50. The van der Waals surface area contributed by atoms with Crippen LogP contribution in [0.1, 0.15) is 39.9 Å². The van der Waals surface area contributed by atoms with E-state index >= 15 is 0 Å². The fraction of sp³-hybridized carbons (Fsp3) is 0.161. The van der Waals surface area contributed by atoms with E-state index in [0.29, 0.717) is 36.3 Å². The molecule has 2 aliphatic rings. The molecule has 0 aliphatic carbocycles. The lowest BCUT2D eigenvalue weighted by Gasteiger charge is -2.15. The average Bonchev–Trinajstić information content (AvgIpc) is 3.66. The summed E-state index contributed by atoms with van der Waals surface area (Å²) in [5.41, 5.74) is 5.87. The standard InChI is InChI=1S/C31H26N4O4/c1-20-12-14-26(24(16-20)30-33-28(18-38-30)21-8-4-2-5-9-21)32-27-15-13-23(35(36)37)17-25(27)31-34-29(19-39-31)22-10-6-3-7-11-22/h2-17,28-29,32H,18-19H2,1H3/t28-,29-/m0/s1. The molecule has 6 rings (SSSR count). The summed E-state index contributed by atoms with van der Waals surface area (Å²) in [5, 5.41) is 15.1. The fourth-order valence-corrected chi connectivity index (χ4v) is 4.76. The highest BCUT2D eigenvalue weighted by atomic mass is 16.6. The number of anilines is 2. The van der Waals surface area contributed by atoms with Gasteiger partial charge in [0.2, 0.25) is 11.8 Å². The maximum absolute atomic E-state index is 11.6. The molecular weight excluding hydrogens is 492 g/mol. The first kappa shape index (κ1) is 24.4. The molecule has 8 heteroatoms. The van der Waals surface area contributed by atoms with Gasteiger partial charge in [0.1, 0.15) is 25.3 Å². The molecular formula is C31H26N4O4. The van der Waals surface area contributed by atoms with Gasteiger partial charge >= 0.3 is 0 Å². The second-order valence-electron chi connectivity index (χ2n) is 9.50. The Balaban J connectivity index is 1.36. The van der Waals surface area contributed by atoms with Crippen LogP contribution in [0, 0.1) is 17.0 Å². The molecule has 0 bridgehead atoms. The lowest BCUT2D eigenvalue weighted by molar-refractivity contribution is -0.384. The summed E-state index contributed by atoms with van der Waals surface area (Å²) in [7, 11) is 0. The Labute approximate surface area is 225 Å². The molecule has 0 radical (unpaired) electrons. The summed E-state index contributed by atoms with van der Waals surface area (Å²) in [5.74, 6) is 0.916. The predicted molar refractivity (Wildman–Crippen MR) is 151 cm³/mol. The number of hydrogen-bond donors (Lipinski definition) is 1. The van der Waals surface area contributed by atoms with E-state index in [1.54, 1.807) is 6.07 Å². The van der Waals surface area contributed by atoms with Gasteiger partial charge in [-0.05, 0) is 36.2 Å². The number of rotatable bonds is 7. The molecule has 8 nitrogen and oxygen atoms in total. The quantitative estimate of drug-likeness (QED) is 0.217. The van der Waals surface area contributed by atoms with Crippen molar-refractivity contribution in [3.05, 3.63) is 135 Å². The van der Waals surface area contributed by atoms with Crippen molar-refractivity contribution in [3.63, 3.8) is 0 Å². The number of nitrogens with zero attached hydrogens (tertiary/aromatic N) is 3. The SMILES string of the molecule is Cc1ccc(Nc2ccc([N+](=O)[O-])cc2C2=N[C@H](c3ccccc3)CO2)c(C2=N[C@H](c3ccccc3)CO2)c1. The van der Waals surface area contributed by atoms with E-state index in [1.807, 2.05) is 85.8 Å². The minimum Gasteiger partial charge on any atom is -0.475 e. The number of nitro groups is 1. The summed E-state index contributed by atoms with van der Waals surface area (Å²) in [6.07, 6.45) is 0. The zero-order valence-corrected chi connectivity index (χ0v) is 21.3. The van der Waals surface area contributed by atoms with Crippen molar-refractivity contribution < 1.29 is 14.4 Å². The molecule has 39 heavy (non-hydrogen) atoms. The molecule has 2 aliphatic heterocycles. The molecule has 0 unspecified atom stereocenters. The molecule has 4 aromatic rings. The number of nitro benzene ring substituents is 1. The molecule has 0 amide bonds. The van der Waals surface area contributed by atoms with Gasteiger partial charge in [0.05, 0.1) is 27.4 Å². The highest BCUT2D eigenvalue weighted by Crippen LogP contribution is 2.34. The van der Waals surface area contributed by atoms with Crippen LogP contribution in [-0.2, 0) is 9.47 Å². The van der Waals surface area contributed by atoms with Crippen molar-refractivity contribution in [1.82, 2.24) is 0 Å². The Bertz CT molecular complexity index is 1590. The van der Waals surface area contributed by atoms with Crippen molar-refractivity contribution in [2.45, 2.75) is 19.0 Å². The zero-order valence-electron chi connectivity index (χ0n) is 21.3. The van der Waals surface area contributed by atoms with E-state index in [2.05, 4.69) is 5.32 Å². The van der Waals surface area contributed by atoms with Crippen LogP contribution in [0.5, 0.6) is 0 Å². The van der Waals surface area contributed by atoms with Crippen LogP contribution in [0.25, 0.3) is 0 Å². The smallest absolute Gasteiger partial charge is 0.270 e. The van der Waals surface area contributed by atoms with Crippen LogP contribution in [0.3, 0.4) is 0 Å². The van der Waals surface area contributed by atoms with Crippen LogP contribution < -0.4 is 5.32 Å². The van der Waals surface area contributed by atoms with Gasteiger partial charge in [0.15, 0.2) is 0 Å². The van der Waals surface area contributed by atoms with Crippen LogP contribution in [0.4, 0.5) is 17.1 Å². The summed E-state index contributed by atoms with van der Waals surface area (Å²) in [4.78, 5) is 20.8. The molecule has 1 N–H and O–H groups in total. The molecule has 2 atom stereocenters. The van der Waals surface area contributed by atoms with Crippen molar-refractivity contribution in [2.24, 2.45) is 9.98 Å². The number of ether oxygens (including phenoxy) is 2. The van der Waals surface area contributed by atoms with Gasteiger partial charge in [-0.15, -0.1) is 0 Å². The monoisotopic (exact) mass is 518 g/mol. The molecule has 4 aromatic carbocycles. The van der Waals surface area contributed by atoms with Crippen LogP contribution in [0.2, 0.25) is 0 Å². The number of non-ortho nitro benzene ring substituents is 1. The van der Waals surface area contributed by atoms with Gasteiger partial charge in [-0.25, -0.2) is 9.98 Å². The summed E-state index contributed by atoms with van der Waals surface area (Å²) in [6, 6.07) is 30.3. The van der Waals surface area contributed by atoms with E-state index in [9.17, 15) is 10.1 Å². The molecule has 0 saturated heterocycles. The van der Waals surface area contributed by atoms with Crippen molar-refractivity contribution in [3.8, 4) is 0 Å². The minimum atomic E-state index is -0.417. The lowest BCUT2D eigenvalue weighted by atomic mass is 10.1. The van der Waals surface area contributed by atoms with Crippen molar-refractivity contribution in [2.75, 3.05) is 18.5 Å². The first-order valence-electron chi connectivity index (χ1n) is 12.7. The number of aliphatic imine (C=N–C) groups is 2. The Morgan fingerprint density at radius 1 is 0.744 bits per heavy atom. The normalized spacial score (nSPS) is 18.1. The van der Waals surface area contributed by atoms with Gasteiger partial charge in [0, 0.05) is 12.1 Å². The number of aryl methyl sites for hydroxylation is 1. The zero-order chi connectivity index (χ0) is 26.8. The van der Waals surface area contributed by atoms with Crippen molar-refractivity contribution in [1.29, 1.82) is 0 Å². The first-order valence-corrected chi connectivity index (χ1v) is 12.7. The summed E-state index contributed by atoms with van der Waals surface area (Å²) < 4.78 is 12.0. The van der Waals surface area contributed by atoms with Crippen molar-refractivity contribution >= 4 is 28.9 Å². The average molecular weight is 519 g/mol. The molecule has 0 fully saturated rings. The highest BCUT2D eigenvalue weighted by Gasteiger charge is 2.27. The predicted octanol–water partition coefficient (Wildman–Crippen LogP) is 6.68. The Hall–Kier alpha value is -4.98. The molecule has 0 aromatic heterocycles. The number of nitrogens with one attached hydrogen (secondary N) is 1. The van der Waals surface area contributed by atoms with E-state index in [4.69, 9.17) is 19.5 Å². The third kappa shape index (κ3) is 5.09. The topological polar surface area (TPSA) is 98.4 Å². The van der Waals surface area contributed by atoms with Gasteiger partial charge in [0.25, 0.3) is 5.69 Å². The van der Waals surface area contributed by atoms with Crippen LogP contribution >= 0.6 is 0 Å². The van der Waals surface area contributed by atoms with Crippen LogP contribution in [0.15, 0.2) is 107 Å². The minimum absolute atomic E-state index is 0.0386. The van der Waals surface area contributed by atoms with Gasteiger partial charge in [-0.3, -0.25) is 10.1 Å². The second-order valence-corrected chi connectivity index (χ2v) is 9.50. The third-order valence-corrected chi connectivity index (χ3v) is 6.79. The second kappa shape index (κ2) is 10.4. The Morgan fingerprint density at radius 3 is 1.79 bits per heavy atom. The number of benzene rings is 4. The fourth-order valence-electron chi connectivity index (χ4n) is 4.76. The van der Waals surface area contributed by atoms with E-state index in [1.165, 1.54) is 12.1 Å². The van der Waals surface area contributed by atoms with Crippen LogP contribution in [-0.4, -0.2) is 29.9 Å². The summed E-state index contributed by atoms with van der Waals surface area (Å²) >= 11 is 0. The molecule has 0 saturated carbocycles. The molecule has 194 valence electrons. The first-order chi connectivity index (χ1) is 19.0. The Morgan fingerprint density at radius 2 is 1.26 bits per heavy atom. The highest BCUT2D eigenvalue weighted by molar-refractivity contribution is 6.04. The van der Waals surface area contributed by atoms with E-state index in [0.717, 1.165) is 27.9 Å². The molecule has 2 heterocycles.